The summed E-state index contributed by atoms with van der Waals surface area (Å²) in [6.07, 6.45) is 1.54. The van der Waals surface area contributed by atoms with E-state index in [0.29, 0.717) is 6.42 Å². The molecule has 0 saturated heterocycles. The molecule has 2 nitrogen and oxygen atoms in total. The van der Waals surface area contributed by atoms with Crippen molar-refractivity contribution in [3.63, 3.8) is 0 Å². The number of benzene rings is 1. The zero-order chi connectivity index (χ0) is 12.2. The predicted octanol–water partition coefficient (Wildman–Crippen LogP) is 2.36. The summed E-state index contributed by atoms with van der Waals surface area (Å²) in [6, 6.07) is 8.27. The third kappa shape index (κ3) is 3.17. The van der Waals surface area contributed by atoms with Gasteiger partial charge in [0.1, 0.15) is 0 Å². The number of hydrogen-bond acceptors (Lipinski definition) is 2. The summed E-state index contributed by atoms with van der Waals surface area (Å²) in [7, 11) is 1.82. The molecule has 0 bridgehead atoms. The first kappa shape index (κ1) is 12.9. The van der Waals surface area contributed by atoms with Gasteiger partial charge in [-0.15, -0.1) is 0 Å². The maximum Gasteiger partial charge on any atom is 0.156 e. The molecule has 1 aromatic rings. The molecular formula is C14H21NO. The number of rotatable bonds is 5. The molecule has 0 aromatic heterocycles. The molecule has 0 aliphatic heterocycles. The van der Waals surface area contributed by atoms with Crippen molar-refractivity contribution in [2.75, 3.05) is 7.05 Å². The van der Waals surface area contributed by atoms with E-state index in [1.807, 2.05) is 33.0 Å². The summed E-state index contributed by atoms with van der Waals surface area (Å²) in [5, 5.41) is 3.03. The fourth-order valence-corrected chi connectivity index (χ4v) is 1.44. The molecule has 0 aliphatic rings. The molecule has 0 fully saturated rings. The maximum atomic E-state index is 12.0. The minimum Gasteiger partial charge on any atom is -0.308 e. The second kappa shape index (κ2) is 5.26. The van der Waals surface area contributed by atoms with Gasteiger partial charge in [0.05, 0.1) is 5.54 Å². The van der Waals surface area contributed by atoms with E-state index >= 15 is 0 Å². The van der Waals surface area contributed by atoms with Crippen molar-refractivity contribution in [3.8, 4) is 0 Å². The minimum atomic E-state index is -0.441. The first-order valence-corrected chi connectivity index (χ1v) is 5.79. The zero-order valence-electron chi connectivity index (χ0n) is 10.6. The Bertz CT molecular complexity index is 352. The van der Waals surface area contributed by atoms with Crippen molar-refractivity contribution < 1.29 is 4.79 Å². The first-order chi connectivity index (χ1) is 7.49. The second-order valence-electron chi connectivity index (χ2n) is 4.65. The van der Waals surface area contributed by atoms with Crippen LogP contribution in [0.25, 0.3) is 0 Å². The lowest BCUT2D eigenvalue weighted by Crippen LogP contribution is -2.45. The molecule has 0 unspecified atom stereocenters. The van der Waals surface area contributed by atoms with Gasteiger partial charge in [-0.1, -0.05) is 31.2 Å². The van der Waals surface area contributed by atoms with Crippen LogP contribution in [0.15, 0.2) is 24.3 Å². The van der Waals surface area contributed by atoms with Gasteiger partial charge >= 0.3 is 0 Å². The highest BCUT2D eigenvalue weighted by Gasteiger charge is 2.24. The molecule has 0 saturated carbocycles. The topological polar surface area (TPSA) is 29.1 Å². The van der Waals surface area contributed by atoms with E-state index < -0.39 is 5.54 Å². The zero-order valence-corrected chi connectivity index (χ0v) is 10.6. The minimum absolute atomic E-state index is 0.222. The molecule has 1 N–H and O–H groups in total. The Morgan fingerprint density at radius 2 is 1.69 bits per heavy atom. The number of Topliss-reactive ketones (excluding diaryl/α,β-unsaturated/α-hetero) is 1. The highest BCUT2D eigenvalue weighted by molar-refractivity contribution is 5.89. The quantitative estimate of drug-likeness (QED) is 0.823. The van der Waals surface area contributed by atoms with Gasteiger partial charge < -0.3 is 5.32 Å². The van der Waals surface area contributed by atoms with Crippen LogP contribution in [0.4, 0.5) is 0 Å². The summed E-state index contributed by atoms with van der Waals surface area (Å²) in [6.45, 7) is 5.95. The van der Waals surface area contributed by atoms with Crippen LogP contribution in [-0.4, -0.2) is 18.4 Å². The summed E-state index contributed by atoms with van der Waals surface area (Å²) in [4.78, 5) is 12.0. The van der Waals surface area contributed by atoms with Gasteiger partial charge in [0.25, 0.3) is 0 Å². The van der Waals surface area contributed by atoms with Gasteiger partial charge in [0.2, 0.25) is 0 Å². The van der Waals surface area contributed by atoms with Crippen LogP contribution in [0.1, 0.15) is 31.9 Å². The molecule has 0 radical (unpaired) electrons. The third-order valence-electron chi connectivity index (χ3n) is 3.12. The Hall–Kier alpha value is -1.15. The van der Waals surface area contributed by atoms with Gasteiger partial charge in [-0.2, -0.15) is 0 Å². The van der Waals surface area contributed by atoms with Crippen LogP contribution < -0.4 is 5.32 Å². The molecule has 0 aliphatic carbocycles. The van der Waals surface area contributed by atoms with Crippen LogP contribution in [0.5, 0.6) is 0 Å². The smallest absolute Gasteiger partial charge is 0.156 e. The number of aryl methyl sites for hydroxylation is 1. The summed E-state index contributed by atoms with van der Waals surface area (Å²) >= 11 is 0. The monoisotopic (exact) mass is 219 g/mol. The normalized spacial score (nSPS) is 11.5. The first-order valence-electron chi connectivity index (χ1n) is 5.79. The average molecular weight is 219 g/mol. The van der Waals surface area contributed by atoms with E-state index in [1.54, 1.807) is 0 Å². The van der Waals surface area contributed by atoms with E-state index in [9.17, 15) is 4.79 Å². The number of ketones is 1. The van der Waals surface area contributed by atoms with Gasteiger partial charge in [-0.25, -0.2) is 0 Å². The lowest BCUT2D eigenvalue weighted by molar-refractivity contribution is -0.123. The average Bonchev–Trinajstić information content (AvgIpc) is 2.30. The summed E-state index contributed by atoms with van der Waals surface area (Å²) in [5.74, 6) is 0.222. The molecule has 0 spiro atoms. The molecule has 0 amide bonds. The number of hydrogen-bond donors (Lipinski definition) is 1. The number of carbonyl (C=O) groups is 1. The van der Waals surface area contributed by atoms with Crippen molar-refractivity contribution in [3.05, 3.63) is 35.4 Å². The van der Waals surface area contributed by atoms with Gasteiger partial charge in [-0.3, -0.25) is 4.79 Å². The molecular weight excluding hydrogens is 198 g/mol. The van der Waals surface area contributed by atoms with E-state index in [0.717, 1.165) is 12.0 Å². The van der Waals surface area contributed by atoms with Crippen molar-refractivity contribution in [1.29, 1.82) is 0 Å². The largest absolute Gasteiger partial charge is 0.308 e. The fourth-order valence-electron chi connectivity index (χ4n) is 1.44. The third-order valence-corrected chi connectivity index (χ3v) is 3.12. The van der Waals surface area contributed by atoms with Crippen molar-refractivity contribution in [1.82, 2.24) is 5.32 Å². The standard InChI is InChI=1S/C14H21NO/c1-5-11-6-8-12(9-7-11)10-13(16)14(2,3)15-4/h6-9,15H,5,10H2,1-4H3. The lowest BCUT2D eigenvalue weighted by Gasteiger charge is -2.22. The lowest BCUT2D eigenvalue weighted by atomic mass is 9.93. The maximum absolute atomic E-state index is 12.0. The van der Waals surface area contributed by atoms with Gasteiger partial charge in [0, 0.05) is 6.42 Å². The Labute approximate surface area is 98.1 Å². The van der Waals surface area contributed by atoms with Crippen LogP contribution in [0.3, 0.4) is 0 Å². The molecule has 88 valence electrons. The second-order valence-corrected chi connectivity index (χ2v) is 4.65. The highest BCUT2D eigenvalue weighted by Crippen LogP contribution is 2.11. The SMILES string of the molecule is CCc1ccc(CC(=O)C(C)(C)NC)cc1. The van der Waals surface area contributed by atoms with Gasteiger partial charge in [0.15, 0.2) is 5.78 Å². The summed E-state index contributed by atoms with van der Waals surface area (Å²) < 4.78 is 0. The predicted molar refractivity (Wildman–Crippen MR) is 67.7 cm³/mol. The van der Waals surface area contributed by atoms with Crippen molar-refractivity contribution in [2.24, 2.45) is 0 Å². The van der Waals surface area contributed by atoms with Crippen LogP contribution in [-0.2, 0) is 17.6 Å². The Kier molecular flexibility index (Phi) is 4.25. The Balaban J connectivity index is 2.70. The Morgan fingerprint density at radius 3 is 2.12 bits per heavy atom. The van der Waals surface area contributed by atoms with Crippen molar-refractivity contribution in [2.45, 2.75) is 39.2 Å². The van der Waals surface area contributed by atoms with E-state index in [-0.39, 0.29) is 5.78 Å². The van der Waals surface area contributed by atoms with Crippen LogP contribution >= 0.6 is 0 Å². The molecule has 16 heavy (non-hydrogen) atoms. The molecule has 1 rings (SSSR count). The van der Waals surface area contributed by atoms with Crippen LogP contribution in [0, 0.1) is 0 Å². The van der Waals surface area contributed by atoms with E-state index in [2.05, 4.69) is 24.4 Å². The highest BCUT2D eigenvalue weighted by atomic mass is 16.1. The van der Waals surface area contributed by atoms with Crippen LogP contribution in [0.2, 0.25) is 0 Å². The fraction of sp³-hybridized carbons (Fsp3) is 0.500. The van der Waals surface area contributed by atoms with Crippen molar-refractivity contribution >= 4 is 5.78 Å². The number of nitrogens with one attached hydrogen (secondary N) is 1. The number of carbonyl (C=O) groups excluding carboxylic acids is 1. The molecule has 1 aromatic carbocycles. The summed E-state index contributed by atoms with van der Waals surface area (Å²) in [5.41, 5.74) is 1.96. The van der Waals surface area contributed by atoms with E-state index in [1.165, 1.54) is 5.56 Å². The number of likely N-dealkylation sites (N-methyl/N-ethyl adjacent to an activating group) is 1. The molecule has 2 heteroatoms. The van der Waals surface area contributed by atoms with Gasteiger partial charge in [-0.05, 0) is 38.4 Å². The molecule has 0 heterocycles. The molecule has 0 atom stereocenters. The van der Waals surface area contributed by atoms with E-state index in [4.69, 9.17) is 0 Å². The Morgan fingerprint density at radius 1 is 1.19 bits per heavy atom.